The zero-order valence-electron chi connectivity index (χ0n) is 15.3. The average Bonchev–Trinajstić information content (AvgIpc) is 3.15. The largest absolute Gasteiger partial charge is 0.298 e. The maximum Gasteiger partial charge on any atom is 0.0691 e. The lowest BCUT2D eigenvalue weighted by Gasteiger charge is -2.62. The van der Waals surface area contributed by atoms with Crippen LogP contribution in [0.5, 0.6) is 0 Å². The van der Waals surface area contributed by atoms with E-state index in [0.717, 1.165) is 29.1 Å². The van der Waals surface area contributed by atoms with Gasteiger partial charge in [0.25, 0.3) is 0 Å². The molecule has 1 saturated heterocycles. The zero-order valence-corrected chi connectivity index (χ0v) is 15.3. The van der Waals surface area contributed by atoms with Crippen LogP contribution in [0.3, 0.4) is 0 Å². The molecule has 130 valence electrons. The van der Waals surface area contributed by atoms with Gasteiger partial charge in [-0.2, -0.15) is 0 Å². The van der Waals surface area contributed by atoms with Crippen molar-refractivity contribution in [3.8, 4) is 0 Å². The van der Waals surface area contributed by atoms with Crippen LogP contribution in [0.1, 0.15) is 78.1 Å². The number of nitrogens with one attached hydrogen (secondary N) is 2. The summed E-state index contributed by atoms with van der Waals surface area (Å²) in [5.41, 5.74) is 1.67. The van der Waals surface area contributed by atoms with Crippen LogP contribution < -0.4 is 10.6 Å². The lowest BCUT2D eigenvalue weighted by molar-refractivity contribution is -0.118. The van der Waals surface area contributed by atoms with Crippen LogP contribution in [0.25, 0.3) is 0 Å². The molecule has 0 bridgehead atoms. The van der Waals surface area contributed by atoms with Gasteiger partial charge in [-0.25, -0.2) is 0 Å². The third kappa shape index (κ3) is 2.06. The minimum absolute atomic E-state index is 0.313. The highest BCUT2D eigenvalue weighted by atomic mass is 15.3. The molecule has 5 rings (SSSR count). The number of fused-ring (bicyclic) bond motifs is 5. The van der Waals surface area contributed by atoms with Crippen molar-refractivity contribution in [2.75, 3.05) is 13.1 Å². The van der Waals surface area contributed by atoms with Crippen LogP contribution in [0.15, 0.2) is 0 Å². The van der Waals surface area contributed by atoms with Crippen molar-refractivity contribution in [1.82, 2.24) is 10.6 Å². The molecule has 0 aromatic heterocycles. The summed E-state index contributed by atoms with van der Waals surface area (Å²) in [6, 6.07) is 0. The summed E-state index contributed by atoms with van der Waals surface area (Å²) in [5, 5.41) is 7.65. The molecule has 4 saturated carbocycles. The molecule has 1 spiro atoms. The molecule has 4 aliphatic carbocycles. The Bertz CT molecular complexity index is 482. The van der Waals surface area contributed by atoms with Gasteiger partial charge in [0.1, 0.15) is 0 Å². The summed E-state index contributed by atoms with van der Waals surface area (Å²) >= 11 is 0. The topological polar surface area (TPSA) is 24.1 Å². The van der Waals surface area contributed by atoms with Crippen molar-refractivity contribution in [2.45, 2.75) is 83.7 Å². The normalized spacial score (nSPS) is 54.5. The molecule has 2 heteroatoms. The summed E-state index contributed by atoms with van der Waals surface area (Å²) in [5.74, 6) is 4.13. The van der Waals surface area contributed by atoms with Gasteiger partial charge in [0.2, 0.25) is 0 Å². The van der Waals surface area contributed by atoms with Crippen LogP contribution in [0, 0.1) is 34.5 Å². The maximum atomic E-state index is 3.83. The second-order valence-corrected chi connectivity index (χ2v) is 10.4. The van der Waals surface area contributed by atoms with Crippen LogP contribution in [0.2, 0.25) is 0 Å². The first-order valence-electron chi connectivity index (χ1n) is 10.5. The van der Waals surface area contributed by atoms with Gasteiger partial charge in [0.05, 0.1) is 5.66 Å². The Morgan fingerprint density at radius 1 is 0.783 bits per heavy atom. The highest BCUT2D eigenvalue weighted by Crippen LogP contribution is 2.66. The molecule has 2 N–H and O–H groups in total. The first kappa shape index (κ1) is 15.2. The number of rotatable bonds is 0. The van der Waals surface area contributed by atoms with E-state index in [1.807, 2.05) is 0 Å². The van der Waals surface area contributed by atoms with Gasteiger partial charge in [0, 0.05) is 13.1 Å². The molecule has 0 aromatic rings. The predicted octanol–water partition coefficient (Wildman–Crippen LogP) is 4.31. The summed E-state index contributed by atoms with van der Waals surface area (Å²) in [7, 11) is 0. The average molecular weight is 317 g/mol. The molecule has 0 amide bonds. The Labute approximate surface area is 142 Å². The van der Waals surface area contributed by atoms with Gasteiger partial charge >= 0.3 is 0 Å². The lowest BCUT2D eigenvalue weighted by Crippen LogP contribution is -2.60. The monoisotopic (exact) mass is 316 g/mol. The van der Waals surface area contributed by atoms with Crippen molar-refractivity contribution < 1.29 is 0 Å². The van der Waals surface area contributed by atoms with E-state index in [0.29, 0.717) is 11.1 Å². The Balaban J connectivity index is 1.41. The summed E-state index contributed by atoms with van der Waals surface area (Å²) in [6.07, 6.45) is 14.9. The first-order valence-corrected chi connectivity index (χ1v) is 10.5. The molecule has 1 heterocycles. The van der Waals surface area contributed by atoms with E-state index in [4.69, 9.17) is 0 Å². The van der Waals surface area contributed by atoms with Crippen LogP contribution in [-0.4, -0.2) is 18.8 Å². The minimum atomic E-state index is 0.313. The van der Waals surface area contributed by atoms with Gasteiger partial charge in [-0.1, -0.05) is 20.3 Å². The van der Waals surface area contributed by atoms with Crippen molar-refractivity contribution in [3.05, 3.63) is 0 Å². The molecule has 2 nitrogen and oxygen atoms in total. The Kier molecular flexibility index (Phi) is 3.29. The highest BCUT2D eigenvalue weighted by molar-refractivity contribution is 5.10. The van der Waals surface area contributed by atoms with Gasteiger partial charge in [-0.3, -0.25) is 10.6 Å². The zero-order chi connectivity index (χ0) is 15.7. The van der Waals surface area contributed by atoms with E-state index in [1.54, 1.807) is 19.3 Å². The van der Waals surface area contributed by atoms with E-state index in [2.05, 4.69) is 24.5 Å². The second kappa shape index (κ2) is 4.97. The van der Waals surface area contributed by atoms with Crippen LogP contribution >= 0.6 is 0 Å². The van der Waals surface area contributed by atoms with Crippen LogP contribution in [0.4, 0.5) is 0 Å². The summed E-state index contributed by atoms with van der Waals surface area (Å²) in [6.45, 7) is 7.69. The molecule has 1 aliphatic heterocycles. The van der Waals surface area contributed by atoms with E-state index >= 15 is 0 Å². The fourth-order valence-electron chi connectivity index (χ4n) is 8.25. The smallest absolute Gasteiger partial charge is 0.0691 e. The SMILES string of the molecule is C[C@@]12CCC[C@@H]1[C@@H]1CC[C@@H]3CC4(CC[C@]3(C)[C@@H]1CC2)NCCN4. The van der Waals surface area contributed by atoms with Gasteiger partial charge in [-0.05, 0) is 92.3 Å². The van der Waals surface area contributed by atoms with Crippen LogP contribution in [-0.2, 0) is 0 Å². The molecule has 5 aliphatic rings. The standard InChI is InChI=1S/C21H36N2/c1-19-8-3-4-17(19)16-6-5-15-14-21(22-12-13-23-21)11-10-20(15,2)18(16)7-9-19/h15-18,22-23H,3-14H2,1-2H3/t15-,16+,17-,18-,19+,20+/m1/s1. The van der Waals surface area contributed by atoms with E-state index in [-0.39, 0.29) is 0 Å². The third-order valence-electron chi connectivity index (χ3n) is 9.58. The first-order chi connectivity index (χ1) is 11.0. The molecule has 5 fully saturated rings. The third-order valence-corrected chi connectivity index (χ3v) is 9.58. The fraction of sp³-hybridized carbons (Fsp3) is 1.00. The Morgan fingerprint density at radius 3 is 2.43 bits per heavy atom. The highest BCUT2D eigenvalue weighted by Gasteiger charge is 2.59. The Hall–Kier alpha value is -0.0800. The van der Waals surface area contributed by atoms with Crippen molar-refractivity contribution in [1.29, 1.82) is 0 Å². The molecular formula is C21H36N2. The minimum Gasteiger partial charge on any atom is -0.298 e. The number of hydrogen-bond donors (Lipinski definition) is 2. The van der Waals surface area contributed by atoms with E-state index in [1.165, 1.54) is 58.0 Å². The fourth-order valence-corrected chi connectivity index (χ4v) is 8.25. The molecule has 0 aromatic carbocycles. The predicted molar refractivity (Wildman–Crippen MR) is 95.1 cm³/mol. The van der Waals surface area contributed by atoms with Gasteiger partial charge < -0.3 is 0 Å². The van der Waals surface area contributed by atoms with Gasteiger partial charge in [0.15, 0.2) is 0 Å². The number of hydrogen-bond acceptors (Lipinski definition) is 2. The molecular weight excluding hydrogens is 280 g/mol. The van der Waals surface area contributed by atoms with Gasteiger partial charge in [-0.15, -0.1) is 0 Å². The molecule has 0 unspecified atom stereocenters. The molecule has 23 heavy (non-hydrogen) atoms. The molecule has 6 atom stereocenters. The van der Waals surface area contributed by atoms with E-state index in [9.17, 15) is 0 Å². The maximum absolute atomic E-state index is 3.83. The summed E-state index contributed by atoms with van der Waals surface area (Å²) in [4.78, 5) is 0. The van der Waals surface area contributed by atoms with Crippen molar-refractivity contribution in [3.63, 3.8) is 0 Å². The summed E-state index contributed by atoms with van der Waals surface area (Å²) < 4.78 is 0. The second-order valence-electron chi connectivity index (χ2n) is 10.4. The van der Waals surface area contributed by atoms with Crippen molar-refractivity contribution >= 4 is 0 Å². The van der Waals surface area contributed by atoms with Crippen molar-refractivity contribution in [2.24, 2.45) is 34.5 Å². The lowest BCUT2D eigenvalue weighted by atomic mass is 9.44. The molecule has 0 radical (unpaired) electrons. The Morgan fingerprint density at radius 2 is 1.61 bits per heavy atom. The quantitative estimate of drug-likeness (QED) is 0.696. The van der Waals surface area contributed by atoms with E-state index < -0.39 is 0 Å².